The quantitative estimate of drug-likeness (QED) is 0.867. The van der Waals surface area contributed by atoms with Gasteiger partial charge in [0.2, 0.25) is 0 Å². The lowest BCUT2D eigenvalue weighted by Crippen LogP contribution is -2.57. The van der Waals surface area contributed by atoms with Crippen LogP contribution in [-0.4, -0.2) is 34.6 Å². The second-order valence-electron chi connectivity index (χ2n) is 5.51. The summed E-state index contributed by atoms with van der Waals surface area (Å²) in [4.78, 5) is 14.1. The van der Waals surface area contributed by atoms with Gasteiger partial charge in [-0.05, 0) is 37.1 Å². The van der Waals surface area contributed by atoms with E-state index in [2.05, 4.69) is 17.0 Å². The van der Waals surface area contributed by atoms with Crippen molar-refractivity contribution in [2.24, 2.45) is 0 Å². The van der Waals surface area contributed by atoms with Crippen molar-refractivity contribution < 1.29 is 9.90 Å². The summed E-state index contributed by atoms with van der Waals surface area (Å²) in [5, 5.41) is 9.75. The fourth-order valence-corrected chi connectivity index (χ4v) is 3.43. The second kappa shape index (κ2) is 4.39. The zero-order valence-electron chi connectivity index (χ0n) is 10.6. The molecule has 0 atom stereocenters. The molecule has 3 rings (SSSR count). The minimum absolute atomic E-state index is 0.652. The van der Waals surface area contributed by atoms with E-state index in [9.17, 15) is 9.90 Å². The third-order valence-corrected chi connectivity index (χ3v) is 4.44. The topological polar surface area (TPSA) is 40.5 Å². The van der Waals surface area contributed by atoms with Crippen molar-refractivity contribution >= 4 is 5.97 Å². The van der Waals surface area contributed by atoms with E-state index in [1.54, 1.807) is 0 Å². The highest BCUT2D eigenvalue weighted by Crippen LogP contribution is 2.36. The molecule has 0 aromatic heterocycles. The van der Waals surface area contributed by atoms with Crippen LogP contribution in [0.5, 0.6) is 0 Å². The Kier molecular flexibility index (Phi) is 2.86. The zero-order valence-corrected chi connectivity index (χ0v) is 10.6. The van der Waals surface area contributed by atoms with Gasteiger partial charge in [0.1, 0.15) is 5.54 Å². The molecule has 0 radical (unpaired) electrons. The number of likely N-dealkylation sites (tertiary alicyclic amines) is 1. The molecule has 0 saturated carbocycles. The lowest BCUT2D eigenvalue weighted by Gasteiger charge is -2.40. The van der Waals surface area contributed by atoms with E-state index in [4.69, 9.17) is 0 Å². The molecule has 2 aliphatic rings. The van der Waals surface area contributed by atoms with Gasteiger partial charge in [-0.2, -0.15) is 0 Å². The molecule has 1 N–H and O–H groups in total. The molecule has 0 unspecified atom stereocenters. The van der Waals surface area contributed by atoms with Crippen LogP contribution in [0, 0.1) is 0 Å². The molecule has 0 spiro atoms. The van der Waals surface area contributed by atoms with Crippen LogP contribution < -0.4 is 0 Å². The third-order valence-electron chi connectivity index (χ3n) is 4.44. The first-order valence-corrected chi connectivity index (χ1v) is 6.78. The van der Waals surface area contributed by atoms with Gasteiger partial charge in [0.25, 0.3) is 0 Å². The van der Waals surface area contributed by atoms with Crippen LogP contribution in [0.2, 0.25) is 0 Å². The van der Waals surface area contributed by atoms with Crippen LogP contribution in [0.3, 0.4) is 0 Å². The molecule has 96 valence electrons. The van der Waals surface area contributed by atoms with Crippen molar-refractivity contribution in [3.8, 4) is 0 Å². The average molecular weight is 245 g/mol. The fourth-order valence-electron chi connectivity index (χ4n) is 3.43. The molecular formula is C15H19NO2. The Bertz CT molecular complexity index is 438. The van der Waals surface area contributed by atoms with Crippen molar-refractivity contribution in [3.05, 3.63) is 35.4 Å². The number of hydrogen-bond donors (Lipinski definition) is 1. The lowest BCUT2D eigenvalue weighted by atomic mass is 9.91. The SMILES string of the molecule is O=C(O)C1(N2CCCCC2)Cc2ccccc2C1. The van der Waals surface area contributed by atoms with Crippen LogP contribution in [0.25, 0.3) is 0 Å². The van der Waals surface area contributed by atoms with Gasteiger partial charge in [-0.25, -0.2) is 0 Å². The van der Waals surface area contributed by atoms with E-state index in [1.807, 2.05) is 12.1 Å². The Labute approximate surface area is 107 Å². The first kappa shape index (κ1) is 11.7. The van der Waals surface area contributed by atoms with Crippen molar-refractivity contribution in [3.63, 3.8) is 0 Å². The van der Waals surface area contributed by atoms with Gasteiger partial charge < -0.3 is 5.11 Å². The summed E-state index contributed by atoms with van der Waals surface area (Å²) < 4.78 is 0. The van der Waals surface area contributed by atoms with E-state index in [0.717, 1.165) is 25.9 Å². The molecule has 1 fully saturated rings. The molecule has 1 aliphatic carbocycles. The number of nitrogens with zero attached hydrogens (tertiary/aromatic N) is 1. The molecule has 0 bridgehead atoms. The van der Waals surface area contributed by atoms with Crippen LogP contribution in [0.15, 0.2) is 24.3 Å². The van der Waals surface area contributed by atoms with Gasteiger partial charge in [-0.3, -0.25) is 9.69 Å². The van der Waals surface area contributed by atoms with Gasteiger partial charge >= 0.3 is 5.97 Å². The van der Waals surface area contributed by atoms with Gasteiger partial charge in [0.15, 0.2) is 0 Å². The zero-order chi connectivity index (χ0) is 12.6. The highest BCUT2D eigenvalue weighted by Gasteiger charge is 2.48. The van der Waals surface area contributed by atoms with Gasteiger partial charge in [0.05, 0.1) is 0 Å². The Morgan fingerprint density at radius 2 is 1.61 bits per heavy atom. The van der Waals surface area contributed by atoms with E-state index in [1.165, 1.54) is 17.5 Å². The van der Waals surface area contributed by atoms with Crippen molar-refractivity contribution in [1.82, 2.24) is 4.90 Å². The van der Waals surface area contributed by atoms with Crippen LogP contribution in [0.1, 0.15) is 30.4 Å². The van der Waals surface area contributed by atoms with Crippen LogP contribution in [-0.2, 0) is 17.6 Å². The largest absolute Gasteiger partial charge is 0.480 e. The number of aliphatic carboxylic acids is 1. The number of carbonyl (C=O) groups is 1. The maximum atomic E-state index is 11.8. The molecule has 0 amide bonds. The van der Waals surface area contributed by atoms with Gasteiger partial charge in [-0.15, -0.1) is 0 Å². The lowest BCUT2D eigenvalue weighted by molar-refractivity contribution is -0.152. The number of hydrogen-bond acceptors (Lipinski definition) is 2. The third kappa shape index (κ3) is 1.74. The standard InChI is InChI=1S/C15H19NO2/c17-14(18)15(16-8-4-1-5-9-16)10-12-6-2-3-7-13(12)11-15/h2-3,6-7H,1,4-5,8-11H2,(H,17,18). The van der Waals surface area contributed by atoms with Crippen molar-refractivity contribution in [1.29, 1.82) is 0 Å². The smallest absolute Gasteiger partial charge is 0.324 e. The first-order valence-electron chi connectivity index (χ1n) is 6.78. The Morgan fingerprint density at radius 3 is 2.11 bits per heavy atom. The number of carboxylic acids is 1. The molecular weight excluding hydrogens is 226 g/mol. The second-order valence-corrected chi connectivity index (χ2v) is 5.51. The minimum atomic E-state index is -0.676. The maximum Gasteiger partial charge on any atom is 0.324 e. The summed E-state index contributed by atoms with van der Waals surface area (Å²) >= 11 is 0. The predicted octanol–water partition coefficient (Wildman–Crippen LogP) is 2.09. The van der Waals surface area contributed by atoms with Crippen molar-refractivity contribution in [2.75, 3.05) is 13.1 Å². The molecule has 1 aliphatic heterocycles. The maximum absolute atomic E-state index is 11.8. The molecule has 3 heteroatoms. The van der Waals surface area contributed by atoms with E-state index < -0.39 is 11.5 Å². The molecule has 18 heavy (non-hydrogen) atoms. The molecule has 1 heterocycles. The minimum Gasteiger partial charge on any atom is -0.480 e. The predicted molar refractivity (Wildman–Crippen MR) is 69.6 cm³/mol. The summed E-state index contributed by atoms with van der Waals surface area (Å²) in [6.45, 7) is 1.86. The highest BCUT2D eigenvalue weighted by atomic mass is 16.4. The number of piperidine rings is 1. The summed E-state index contributed by atoms with van der Waals surface area (Å²) in [5.41, 5.74) is 1.75. The van der Waals surface area contributed by atoms with Crippen molar-refractivity contribution in [2.45, 2.75) is 37.6 Å². The molecule has 1 aromatic rings. The summed E-state index contributed by atoms with van der Waals surface area (Å²) in [6.07, 6.45) is 4.83. The van der Waals surface area contributed by atoms with Crippen LogP contribution >= 0.6 is 0 Å². The Balaban J connectivity index is 1.93. The van der Waals surface area contributed by atoms with Gasteiger partial charge in [-0.1, -0.05) is 30.7 Å². The number of benzene rings is 1. The molecule has 3 nitrogen and oxygen atoms in total. The van der Waals surface area contributed by atoms with Crippen LogP contribution in [0.4, 0.5) is 0 Å². The first-order chi connectivity index (χ1) is 8.72. The van der Waals surface area contributed by atoms with E-state index in [-0.39, 0.29) is 0 Å². The number of fused-ring (bicyclic) bond motifs is 1. The van der Waals surface area contributed by atoms with Gasteiger partial charge in [0, 0.05) is 12.8 Å². The highest BCUT2D eigenvalue weighted by molar-refractivity contribution is 5.81. The average Bonchev–Trinajstić information content (AvgIpc) is 2.80. The summed E-state index contributed by atoms with van der Waals surface area (Å²) in [5.74, 6) is -0.652. The normalized spacial score (nSPS) is 22.7. The fraction of sp³-hybridized carbons (Fsp3) is 0.533. The van der Waals surface area contributed by atoms with E-state index >= 15 is 0 Å². The Hall–Kier alpha value is -1.35. The number of rotatable bonds is 2. The monoisotopic (exact) mass is 245 g/mol. The number of carboxylic acid groups (broad SMARTS) is 1. The summed E-state index contributed by atoms with van der Waals surface area (Å²) in [6, 6.07) is 8.16. The molecule has 1 aromatic carbocycles. The molecule has 1 saturated heterocycles. The summed E-state index contributed by atoms with van der Waals surface area (Å²) in [7, 11) is 0. The Morgan fingerprint density at radius 1 is 1.06 bits per heavy atom. The van der Waals surface area contributed by atoms with E-state index in [0.29, 0.717) is 12.8 Å².